The quantitative estimate of drug-likeness (QED) is 0.266. The van der Waals surface area contributed by atoms with Crippen molar-refractivity contribution in [1.82, 2.24) is 10.2 Å². The lowest BCUT2D eigenvalue weighted by atomic mass is 10.1. The highest BCUT2D eigenvalue weighted by Gasteiger charge is 2.33. The minimum atomic E-state index is -4.11. The molecule has 1 N–H and O–H groups in total. The molecule has 1 aliphatic carbocycles. The maximum atomic E-state index is 14.0. The van der Waals surface area contributed by atoms with Crippen molar-refractivity contribution in [3.8, 4) is 0 Å². The summed E-state index contributed by atoms with van der Waals surface area (Å²) in [5.41, 5.74) is 2.06. The number of aryl methyl sites for hydroxylation is 1. The fourth-order valence-corrected chi connectivity index (χ4v) is 6.96. The number of thioether (sulfide) groups is 1. The molecule has 0 saturated heterocycles. The molecule has 2 amide bonds. The van der Waals surface area contributed by atoms with Crippen molar-refractivity contribution >= 4 is 50.9 Å². The van der Waals surface area contributed by atoms with Crippen LogP contribution in [0, 0.1) is 6.92 Å². The molecule has 0 heterocycles. The zero-order valence-electron chi connectivity index (χ0n) is 23.5. The van der Waals surface area contributed by atoms with Gasteiger partial charge in [0.1, 0.15) is 12.6 Å². The first-order chi connectivity index (χ1) is 19.6. The highest BCUT2D eigenvalue weighted by molar-refractivity contribution is 7.98. The third kappa shape index (κ3) is 7.84. The maximum Gasteiger partial charge on any atom is 0.264 e. The maximum absolute atomic E-state index is 14.0. The lowest BCUT2D eigenvalue weighted by Gasteiger charge is -2.32. The van der Waals surface area contributed by atoms with Gasteiger partial charge >= 0.3 is 0 Å². The normalized spacial score (nSPS) is 14.4. The topological polar surface area (TPSA) is 86.8 Å². The number of carbonyl (C=O) groups excluding carboxylic acids is 2. The van der Waals surface area contributed by atoms with Gasteiger partial charge in [-0.15, -0.1) is 11.8 Å². The Morgan fingerprint density at radius 1 is 1.02 bits per heavy atom. The van der Waals surface area contributed by atoms with Crippen molar-refractivity contribution in [3.05, 3.63) is 88.9 Å². The molecule has 218 valence electrons. The predicted octanol–water partition coefficient (Wildman–Crippen LogP) is 6.04. The number of halogens is 1. The highest BCUT2D eigenvalue weighted by atomic mass is 35.5. The summed E-state index contributed by atoms with van der Waals surface area (Å²) < 4.78 is 29.0. The van der Waals surface area contributed by atoms with E-state index >= 15 is 0 Å². The summed E-state index contributed by atoms with van der Waals surface area (Å²) in [6.45, 7) is 3.21. The minimum absolute atomic E-state index is 0.0806. The first-order valence-corrected chi connectivity index (χ1v) is 16.7. The molecule has 3 aromatic carbocycles. The number of carbonyl (C=O) groups is 2. The molecule has 0 spiro atoms. The third-order valence-corrected chi connectivity index (χ3v) is 10.1. The monoisotopic (exact) mass is 613 g/mol. The van der Waals surface area contributed by atoms with Gasteiger partial charge in [-0.2, -0.15) is 0 Å². The van der Waals surface area contributed by atoms with Crippen LogP contribution in [0.3, 0.4) is 0 Å². The molecule has 3 aromatic rings. The first-order valence-electron chi connectivity index (χ1n) is 13.7. The Morgan fingerprint density at radius 2 is 1.68 bits per heavy atom. The van der Waals surface area contributed by atoms with E-state index in [1.165, 1.54) is 16.7 Å². The van der Waals surface area contributed by atoms with Crippen LogP contribution in [0.5, 0.6) is 0 Å². The lowest BCUT2D eigenvalue weighted by Crippen LogP contribution is -2.52. The third-order valence-electron chi connectivity index (χ3n) is 7.36. The van der Waals surface area contributed by atoms with Crippen molar-refractivity contribution in [1.29, 1.82) is 0 Å². The van der Waals surface area contributed by atoms with Crippen LogP contribution in [0.25, 0.3) is 0 Å². The van der Waals surface area contributed by atoms with E-state index in [9.17, 15) is 18.0 Å². The van der Waals surface area contributed by atoms with E-state index in [0.29, 0.717) is 10.7 Å². The Morgan fingerprint density at radius 3 is 2.29 bits per heavy atom. The summed E-state index contributed by atoms with van der Waals surface area (Å²) in [5.74, 6) is -0.756. The molecular weight excluding hydrogens is 578 g/mol. The Labute approximate surface area is 252 Å². The van der Waals surface area contributed by atoms with Crippen molar-refractivity contribution in [2.24, 2.45) is 0 Å². The zero-order chi connectivity index (χ0) is 29.6. The molecule has 0 aromatic heterocycles. The molecule has 1 saturated carbocycles. The molecule has 41 heavy (non-hydrogen) atoms. The SMILES string of the molecule is CSc1ccc(S(=O)(=O)N(CC(=O)N(Cc2cccc(Cl)c2)[C@H](C)C(=O)NC2CCCC2)c2ccc(C)cc2)cc1. The van der Waals surface area contributed by atoms with Crippen molar-refractivity contribution in [2.45, 2.75) is 68.0 Å². The number of nitrogens with one attached hydrogen (secondary N) is 1. The fraction of sp³-hybridized carbons (Fsp3) is 0.355. The van der Waals surface area contributed by atoms with Crippen LogP contribution in [-0.2, 0) is 26.2 Å². The summed E-state index contributed by atoms with van der Waals surface area (Å²) in [4.78, 5) is 29.8. The minimum Gasteiger partial charge on any atom is -0.352 e. The van der Waals surface area contributed by atoms with Crippen LogP contribution < -0.4 is 9.62 Å². The Bertz CT molecular complexity index is 1460. The summed E-state index contributed by atoms with van der Waals surface area (Å²) in [6.07, 6.45) is 5.86. The first kappa shape index (κ1) is 30.9. The number of benzene rings is 3. The fourth-order valence-electron chi connectivity index (χ4n) is 4.92. The van der Waals surface area contributed by atoms with Gasteiger partial charge in [-0.1, -0.05) is 54.3 Å². The molecule has 1 atom stereocenters. The van der Waals surface area contributed by atoms with Crippen LogP contribution in [0.15, 0.2) is 82.6 Å². The highest BCUT2D eigenvalue weighted by Crippen LogP contribution is 2.27. The van der Waals surface area contributed by atoms with Gasteiger partial charge in [0.15, 0.2) is 0 Å². The van der Waals surface area contributed by atoms with Gasteiger partial charge in [-0.3, -0.25) is 13.9 Å². The van der Waals surface area contributed by atoms with Crippen LogP contribution >= 0.6 is 23.4 Å². The number of rotatable bonds is 11. The van der Waals surface area contributed by atoms with Gasteiger partial charge in [0.25, 0.3) is 10.0 Å². The van der Waals surface area contributed by atoms with Gasteiger partial charge in [0.05, 0.1) is 10.6 Å². The molecule has 10 heteroatoms. The molecular formula is C31H36ClN3O4S2. The van der Waals surface area contributed by atoms with Crippen molar-refractivity contribution in [3.63, 3.8) is 0 Å². The molecule has 0 unspecified atom stereocenters. The van der Waals surface area contributed by atoms with Gasteiger partial charge in [-0.25, -0.2) is 8.42 Å². The number of anilines is 1. The number of nitrogens with zero attached hydrogens (tertiary/aromatic N) is 2. The Hall–Kier alpha value is -3.01. The van der Waals surface area contributed by atoms with Gasteiger partial charge in [0, 0.05) is 22.5 Å². The standard InChI is InChI=1S/C31H36ClN3O4S2/c1-22-11-13-27(14-12-22)35(41(38,39)29-17-15-28(40-3)16-18-29)21-30(36)34(20-24-7-6-8-25(32)19-24)23(2)31(37)33-26-9-4-5-10-26/h6-8,11-19,23,26H,4-5,9-10,20-21H2,1-3H3,(H,33,37)/t23-/m1/s1. The summed E-state index contributed by atoms with van der Waals surface area (Å²) in [7, 11) is -4.11. The Balaban J connectivity index is 1.68. The van der Waals surface area contributed by atoms with E-state index in [0.717, 1.165) is 46.0 Å². The zero-order valence-corrected chi connectivity index (χ0v) is 25.9. The van der Waals surface area contributed by atoms with Crippen molar-refractivity contribution < 1.29 is 18.0 Å². The average Bonchev–Trinajstić information content (AvgIpc) is 3.48. The van der Waals surface area contributed by atoms with Crippen LogP contribution in [-0.4, -0.2) is 50.0 Å². The van der Waals surface area contributed by atoms with Gasteiger partial charge < -0.3 is 10.2 Å². The number of hydrogen-bond acceptors (Lipinski definition) is 5. The smallest absolute Gasteiger partial charge is 0.264 e. The molecule has 1 fully saturated rings. The van der Waals surface area contributed by atoms with E-state index in [2.05, 4.69) is 5.32 Å². The lowest BCUT2D eigenvalue weighted by molar-refractivity contribution is -0.139. The molecule has 7 nitrogen and oxygen atoms in total. The van der Waals surface area contributed by atoms with E-state index < -0.39 is 28.5 Å². The molecule has 0 radical (unpaired) electrons. The van der Waals surface area contributed by atoms with E-state index in [1.54, 1.807) is 73.7 Å². The van der Waals surface area contributed by atoms with Gasteiger partial charge in [0.2, 0.25) is 11.8 Å². The molecule has 4 rings (SSSR count). The molecule has 0 bridgehead atoms. The summed E-state index contributed by atoms with van der Waals surface area (Å²) >= 11 is 7.73. The van der Waals surface area contributed by atoms with Crippen LogP contribution in [0.4, 0.5) is 5.69 Å². The second-order valence-corrected chi connectivity index (χ2v) is 13.5. The van der Waals surface area contributed by atoms with Crippen molar-refractivity contribution in [2.75, 3.05) is 17.1 Å². The number of hydrogen-bond donors (Lipinski definition) is 1. The Kier molecular flexibility index (Phi) is 10.4. The number of amides is 2. The predicted molar refractivity (Wildman–Crippen MR) is 166 cm³/mol. The summed E-state index contributed by atoms with van der Waals surface area (Å²) in [6, 6.07) is 19.9. The van der Waals surface area contributed by atoms with E-state index in [-0.39, 0.29) is 23.4 Å². The van der Waals surface area contributed by atoms with Crippen LogP contribution in [0.2, 0.25) is 5.02 Å². The van der Waals surface area contributed by atoms with Gasteiger partial charge in [-0.05, 0) is 87.0 Å². The summed E-state index contributed by atoms with van der Waals surface area (Å²) in [5, 5.41) is 3.59. The molecule has 0 aliphatic heterocycles. The van der Waals surface area contributed by atoms with E-state index in [4.69, 9.17) is 11.6 Å². The van der Waals surface area contributed by atoms with E-state index in [1.807, 2.05) is 19.2 Å². The molecule has 1 aliphatic rings. The van der Waals surface area contributed by atoms with Crippen LogP contribution in [0.1, 0.15) is 43.7 Å². The largest absolute Gasteiger partial charge is 0.352 e. The second-order valence-electron chi connectivity index (χ2n) is 10.3. The average molecular weight is 614 g/mol. The number of sulfonamides is 1. The second kappa shape index (κ2) is 13.8.